The maximum absolute atomic E-state index is 8.99. The van der Waals surface area contributed by atoms with Crippen LogP contribution in [-0.4, -0.2) is 30.9 Å². The Balaban J connectivity index is 1.82. The van der Waals surface area contributed by atoms with Crippen molar-refractivity contribution in [3.05, 3.63) is 54.1 Å². The summed E-state index contributed by atoms with van der Waals surface area (Å²) in [7, 11) is 0.203. The number of benzene rings is 2. The molecule has 0 spiro atoms. The molecule has 0 heterocycles. The minimum atomic E-state index is -1.44. The van der Waals surface area contributed by atoms with Crippen molar-refractivity contribution in [2.45, 2.75) is 6.42 Å². The van der Waals surface area contributed by atoms with Crippen molar-refractivity contribution in [1.82, 2.24) is 0 Å². The van der Waals surface area contributed by atoms with Gasteiger partial charge in [-0.3, -0.25) is 0 Å². The number of hydrogen-bond acceptors (Lipinski definition) is 4. The van der Waals surface area contributed by atoms with Crippen LogP contribution >= 0.6 is 0 Å². The second kappa shape index (κ2) is 6.98. The average Bonchev–Trinajstić information content (AvgIpc) is 2.48. The largest absolute Gasteiger partial charge is 0.497 e. The maximum Gasteiger partial charge on any atom is 0.488 e. The molecular weight excluding hydrogens is 255 g/mol. The van der Waals surface area contributed by atoms with E-state index in [1.807, 2.05) is 24.3 Å². The Kier molecular flexibility index (Phi) is 5.04. The Morgan fingerprint density at radius 1 is 0.900 bits per heavy atom. The third-order valence-electron chi connectivity index (χ3n) is 3.00. The normalized spacial score (nSPS) is 10.2. The summed E-state index contributed by atoms with van der Waals surface area (Å²) in [5, 5.41) is 18.0. The number of rotatable bonds is 6. The first-order chi connectivity index (χ1) is 9.69. The van der Waals surface area contributed by atoms with Crippen molar-refractivity contribution in [1.29, 1.82) is 0 Å². The lowest BCUT2D eigenvalue weighted by Gasteiger charge is -2.07. The van der Waals surface area contributed by atoms with Crippen LogP contribution in [0.5, 0.6) is 11.5 Å². The molecule has 2 N–H and O–H groups in total. The van der Waals surface area contributed by atoms with E-state index in [0.29, 0.717) is 17.8 Å². The van der Waals surface area contributed by atoms with Gasteiger partial charge in [0, 0.05) is 6.42 Å². The highest BCUT2D eigenvalue weighted by atomic mass is 16.5. The first-order valence-electron chi connectivity index (χ1n) is 6.41. The molecule has 20 heavy (non-hydrogen) atoms. The van der Waals surface area contributed by atoms with Crippen molar-refractivity contribution < 1.29 is 19.5 Å². The van der Waals surface area contributed by atoms with Gasteiger partial charge in [-0.2, -0.15) is 0 Å². The van der Waals surface area contributed by atoms with Crippen LogP contribution in [0.15, 0.2) is 48.5 Å². The van der Waals surface area contributed by atoms with Gasteiger partial charge in [0.25, 0.3) is 0 Å². The van der Waals surface area contributed by atoms with Crippen LogP contribution in [0.2, 0.25) is 0 Å². The Bertz CT molecular complexity index is 523. The highest BCUT2D eigenvalue weighted by Gasteiger charge is 2.09. The Labute approximate surface area is 118 Å². The molecule has 0 bridgehead atoms. The highest BCUT2D eigenvalue weighted by molar-refractivity contribution is 6.58. The maximum atomic E-state index is 8.99. The third kappa shape index (κ3) is 4.01. The van der Waals surface area contributed by atoms with Gasteiger partial charge < -0.3 is 19.5 Å². The second-order valence-corrected chi connectivity index (χ2v) is 4.39. The number of methoxy groups -OCH3 is 1. The Morgan fingerprint density at radius 2 is 1.50 bits per heavy atom. The molecule has 0 saturated carbocycles. The zero-order valence-electron chi connectivity index (χ0n) is 11.3. The SMILES string of the molecule is COc1ccc(CCOc2ccc(B(O)O)cc2)cc1. The van der Waals surface area contributed by atoms with Crippen molar-refractivity contribution in [3.8, 4) is 11.5 Å². The van der Waals surface area contributed by atoms with E-state index in [1.54, 1.807) is 31.4 Å². The van der Waals surface area contributed by atoms with Crippen LogP contribution in [0, 0.1) is 0 Å². The van der Waals surface area contributed by atoms with Crippen LogP contribution in [0.1, 0.15) is 5.56 Å². The minimum absolute atomic E-state index is 0.451. The van der Waals surface area contributed by atoms with E-state index in [2.05, 4.69) is 0 Å². The lowest BCUT2D eigenvalue weighted by atomic mass is 9.80. The molecule has 5 heteroatoms. The summed E-state index contributed by atoms with van der Waals surface area (Å²) in [6.07, 6.45) is 0.800. The molecule has 104 valence electrons. The van der Waals surface area contributed by atoms with Crippen LogP contribution in [-0.2, 0) is 6.42 Å². The van der Waals surface area contributed by atoms with Crippen LogP contribution in [0.25, 0.3) is 0 Å². The summed E-state index contributed by atoms with van der Waals surface area (Å²) in [5.74, 6) is 1.55. The predicted octanol–water partition coefficient (Wildman–Crippen LogP) is 0.996. The molecule has 0 aromatic heterocycles. The van der Waals surface area contributed by atoms with E-state index < -0.39 is 7.12 Å². The van der Waals surface area contributed by atoms with E-state index in [-0.39, 0.29) is 0 Å². The third-order valence-corrected chi connectivity index (χ3v) is 3.00. The molecule has 0 saturated heterocycles. The van der Waals surface area contributed by atoms with Gasteiger partial charge in [0.2, 0.25) is 0 Å². The van der Waals surface area contributed by atoms with E-state index in [9.17, 15) is 0 Å². The van der Waals surface area contributed by atoms with Crippen molar-refractivity contribution in [3.63, 3.8) is 0 Å². The fraction of sp³-hybridized carbons (Fsp3) is 0.200. The zero-order valence-corrected chi connectivity index (χ0v) is 11.3. The highest BCUT2D eigenvalue weighted by Crippen LogP contribution is 2.13. The topological polar surface area (TPSA) is 58.9 Å². The standard InChI is InChI=1S/C15H17BO4/c1-19-14-6-2-12(3-7-14)10-11-20-15-8-4-13(5-9-15)16(17)18/h2-9,17-18H,10-11H2,1H3. The van der Waals surface area contributed by atoms with E-state index >= 15 is 0 Å². The van der Waals surface area contributed by atoms with E-state index in [0.717, 1.165) is 12.2 Å². The van der Waals surface area contributed by atoms with Crippen LogP contribution in [0.3, 0.4) is 0 Å². The van der Waals surface area contributed by atoms with Crippen molar-refractivity contribution in [2.75, 3.05) is 13.7 Å². The quantitative estimate of drug-likeness (QED) is 0.770. The molecule has 0 fully saturated rings. The molecular formula is C15H17BO4. The van der Waals surface area contributed by atoms with Crippen LogP contribution in [0.4, 0.5) is 0 Å². The van der Waals surface area contributed by atoms with E-state index in [4.69, 9.17) is 19.5 Å². The first kappa shape index (κ1) is 14.4. The minimum Gasteiger partial charge on any atom is -0.497 e. The Hall–Kier alpha value is -1.98. The molecule has 2 rings (SSSR count). The molecule has 0 aliphatic carbocycles. The van der Waals surface area contributed by atoms with Gasteiger partial charge in [-0.25, -0.2) is 0 Å². The number of hydrogen-bond donors (Lipinski definition) is 2. The van der Waals surface area contributed by atoms with Crippen LogP contribution < -0.4 is 14.9 Å². The summed E-state index contributed by atoms with van der Waals surface area (Å²) < 4.78 is 10.7. The molecule has 0 unspecified atom stereocenters. The fourth-order valence-electron chi connectivity index (χ4n) is 1.82. The van der Waals surface area contributed by atoms with Gasteiger partial charge in [0.15, 0.2) is 0 Å². The van der Waals surface area contributed by atoms with Gasteiger partial charge in [-0.05, 0) is 35.3 Å². The van der Waals surface area contributed by atoms with Gasteiger partial charge in [-0.1, -0.05) is 24.3 Å². The summed E-state index contributed by atoms with van der Waals surface area (Å²) >= 11 is 0. The second-order valence-electron chi connectivity index (χ2n) is 4.39. The summed E-state index contributed by atoms with van der Waals surface area (Å²) in [5.41, 5.74) is 1.63. The summed E-state index contributed by atoms with van der Waals surface area (Å²) in [6.45, 7) is 0.563. The molecule has 2 aromatic carbocycles. The van der Waals surface area contributed by atoms with Crippen molar-refractivity contribution in [2.24, 2.45) is 0 Å². The predicted molar refractivity (Wildman–Crippen MR) is 78.5 cm³/mol. The van der Waals surface area contributed by atoms with Crippen molar-refractivity contribution >= 4 is 12.6 Å². The molecule has 0 atom stereocenters. The fourth-order valence-corrected chi connectivity index (χ4v) is 1.82. The van der Waals surface area contributed by atoms with Gasteiger partial charge in [-0.15, -0.1) is 0 Å². The van der Waals surface area contributed by atoms with Gasteiger partial charge >= 0.3 is 7.12 Å². The zero-order chi connectivity index (χ0) is 14.4. The molecule has 2 aromatic rings. The lowest BCUT2D eigenvalue weighted by Crippen LogP contribution is -2.29. The smallest absolute Gasteiger partial charge is 0.488 e. The molecule has 0 aliphatic rings. The molecule has 0 aliphatic heterocycles. The van der Waals surface area contributed by atoms with Gasteiger partial charge in [0.1, 0.15) is 11.5 Å². The Morgan fingerprint density at radius 3 is 2.05 bits per heavy atom. The summed E-state index contributed by atoms with van der Waals surface area (Å²) in [6, 6.07) is 14.6. The average molecular weight is 272 g/mol. The molecule has 0 radical (unpaired) electrons. The monoisotopic (exact) mass is 272 g/mol. The molecule has 4 nitrogen and oxygen atoms in total. The summed E-state index contributed by atoms with van der Waals surface area (Å²) in [4.78, 5) is 0. The molecule has 0 amide bonds. The first-order valence-corrected chi connectivity index (χ1v) is 6.41. The lowest BCUT2D eigenvalue weighted by molar-refractivity contribution is 0.322. The van der Waals surface area contributed by atoms with E-state index in [1.165, 1.54) is 5.56 Å². The van der Waals surface area contributed by atoms with Gasteiger partial charge in [0.05, 0.1) is 13.7 Å². The number of ether oxygens (including phenoxy) is 2.